The first kappa shape index (κ1) is 24.1. The third kappa shape index (κ3) is 5.48. The molecule has 1 saturated carbocycles. The summed E-state index contributed by atoms with van der Waals surface area (Å²) >= 11 is 0. The molecular formula is C35H42. The SMILES string of the molecule is C=C(CCC1=CC2C=C(CC3CCCC(C(C)(C)C)C3)C=CC2=C1)C1=CC(=C)C2C=CC=CC2=C1. The average Bonchev–Trinajstić information content (AvgIpc) is 3.24. The van der Waals surface area contributed by atoms with Crippen LogP contribution in [0.4, 0.5) is 0 Å². The fourth-order valence-electron chi connectivity index (χ4n) is 6.55. The maximum Gasteiger partial charge on any atom is 0.0267 e. The van der Waals surface area contributed by atoms with Crippen molar-refractivity contribution in [3.8, 4) is 0 Å². The highest BCUT2D eigenvalue weighted by Crippen LogP contribution is 2.43. The normalized spacial score (nSPS) is 29.6. The van der Waals surface area contributed by atoms with Crippen LogP contribution in [0.5, 0.6) is 0 Å². The second kappa shape index (κ2) is 9.81. The predicted octanol–water partition coefficient (Wildman–Crippen LogP) is 9.71. The minimum Gasteiger partial charge on any atom is -0.0952 e. The van der Waals surface area contributed by atoms with Gasteiger partial charge in [-0.25, -0.2) is 0 Å². The van der Waals surface area contributed by atoms with Crippen LogP contribution in [0.2, 0.25) is 0 Å². The highest BCUT2D eigenvalue weighted by Gasteiger charge is 2.31. The van der Waals surface area contributed by atoms with E-state index in [0.717, 1.165) is 24.7 Å². The molecule has 0 aliphatic heterocycles. The molecule has 0 amide bonds. The maximum atomic E-state index is 4.43. The first-order valence-electron chi connectivity index (χ1n) is 13.7. The molecule has 0 heteroatoms. The van der Waals surface area contributed by atoms with Crippen LogP contribution in [0, 0.1) is 29.1 Å². The highest BCUT2D eigenvalue weighted by molar-refractivity contribution is 5.57. The van der Waals surface area contributed by atoms with E-state index in [-0.39, 0.29) is 0 Å². The summed E-state index contributed by atoms with van der Waals surface area (Å²) in [4.78, 5) is 0. The average molecular weight is 463 g/mol. The van der Waals surface area contributed by atoms with E-state index in [1.165, 1.54) is 65.5 Å². The third-order valence-corrected chi connectivity index (χ3v) is 8.79. The monoisotopic (exact) mass is 462 g/mol. The van der Waals surface area contributed by atoms with Gasteiger partial charge in [0.05, 0.1) is 0 Å². The first-order chi connectivity index (χ1) is 16.8. The van der Waals surface area contributed by atoms with Gasteiger partial charge in [-0.15, -0.1) is 0 Å². The second-order valence-electron chi connectivity index (χ2n) is 12.4. The standard InChI is InChI=1S/C35H42/c1-24(31-17-25(2)34-12-7-6-10-30(34)23-31)13-14-28-19-29-16-15-27(20-32(29)21-28)18-26-9-8-11-33(22-26)35(3,4)5/h6-7,10,12,15-17,19-21,23,26,32-34H,1-2,8-9,11,13-14,18,22H2,3-5H3. The van der Waals surface area contributed by atoms with Crippen molar-refractivity contribution in [3.05, 3.63) is 119 Å². The molecule has 0 heterocycles. The summed E-state index contributed by atoms with van der Waals surface area (Å²) in [5, 5.41) is 0. The van der Waals surface area contributed by atoms with E-state index in [1.807, 2.05) is 0 Å². The fourth-order valence-corrected chi connectivity index (χ4v) is 6.55. The van der Waals surface area contributed by atoms with Crippen LogP contribution >= 0.6 is 0 Å². The Balaban J connectivity index is 1.17. The lowest BCUT2D eigenvalue weighted by atomic mass is 9.68. The van der Waals surface area contributed by atoms with Crippen molar-refractivity contribution in [2.45, 2.75) is 65.7 Å². The molecule has 0 aromatic carbocycles. The molecule has 0 spiro atoms. The van der Waals surface area contributed by atoms with Crippen molar-refractivity contribution in [1.82, 2.24) is 0 Å². The van der Waals surface area contributed by atoms with Gasteiger partial charge in [0.1, 0.15) is 0 Å². The second-order valence-corrected chi connectivity index (χ2v) is 12.4. The van der Waals surface area contributed by atoms with Gasteiger partial charge in [0.25, 0.3) is 0 Å². The Labute approximate surface area is 213 Å². The van der Waals surface area contributed by atoms with Crippen molar-refractivity contribution in [3.63, 3.8) is 0 Å². The lowest BCUT2D eigenvalue weighted by molar-refractivity contribution is 0.141. The summed E-state index contributed by atoms with van der Waals surface area (Å²) < 4.78 is 0. The van der Waals surface area contributed by atoms with Crippen LogP contribution in [-0.2, 0) is 0 Å². The Morgan fingerprint density at radius 2 is 1.77 bits per heavy atom. The number of hydrogen-bond donors (Lipinski definition) is 0. The summed E-state index contributed by atoms with van der Waals surface area (Å²) in [6.07, 6.45) is 34.3. The Morgan fingerprint density at radius 1 is 0.943 bits per heavy atom. The van der Waals surface area contributed by atoms with E-state index in [1.54, 1.807) is 5.57 Å². The fraction of sp³-hybridized carbons (Fsp3) is 0.429. The number of rotatable bonds is 6. The molecule has 4 atom stereocenters. The van der Waals surface area contributed by atoms with Gasteiger partial charge < -0.3 is 0 Å². The largest absolute Gasteiger partial charge is 0.0952 e. The summed E-state index contributed by atoms with van der Waals surface area (Å²) in [7, 11) is 0. The molecule has 1 fully saturated rings. The number of fused-ring (bicyclic) bond motifs is 2. The van der Waals surface area contributed by atoms with Gasteiger partial charge in [-0.3, -0.25) is 0 Å². The molecule has 0 saturated heterocycles. The summed E-state index contributed by atoms with van der Waals surface area (Å²) in [6, 6.07) is 0. The van der Waals surface area contributed by atoms with Gasteiger partial charge >= 0.3 is 0 Å². The Hall–Kier alpha value is -2.60. The molecule has 4 unspecified atom stereocenters. The molecule has 0 aromatic heterocycles. The van der Waals surface area contributed by atoms with Gasteiger partial charge in [0.15, 0.2) is 0 Å². The Bertz CT molecular complexity index is 1140. The van der Waals surface area contributed by atoms with Crippen molar-refractivity contribution < 1.29 is 0 Å². The van der Waals surface area contributed by atoms with E-state index in [2.05, 4.69) is 101 Å². The molecule has 0 bridgehead atoms. The first-order valence-corrected chi connectivity index (χ1v) is 13.7. The van der Waals surface area contributed by atoms with Gasteiger partial charge in [-0.05, 0) is 77.2 Å². The summed E-state index contributed by atoms with van der Waals surface area (Å²) in [5.41, 5.74) is 9.87. The Kier molecular flexibility index (Phi) is 6.75. The van der Waals surface area contributed by atoms with E-state index >= 15 is 0 Å². The zero-order chi connectivity index (χ0) is 24.6. The Morgan fingerprint density at radius 3 is 2.60 bits per heavy atom. The smallest absolute Gasteiger partial charge is 0.0267 e. The zero-order valence-corrected chi connectivity index (χ0v) is 22.0. The van der Waals surface area contributed by atoms with Crippen LogP contribution in [-0.4, -0.2) is 0 Å². The van der Waals surface area contributed by atoms with Crippen LogP contribution < -0.4 is 0 Å². The van der Waals surface area contributed by atoms with Crippen molar-refractivity contribution >= 4 is 0 Å². The van der Waals surface area contributed by atoms with Gasteiger partial charge in [0.2, 0.25) is 0 Å². The molecule has 0 aromatic rings. The number of allylic oxidation sites excluding steroid dienone is 18. The molecule has 5 aliphatic carbocycles. The molecule has 0 nitrogen and oxygen atoms in total. The quantitative estimate of drug-likeness (QED) is 0.368. The number of hydrogen-bond acceptors (Lipinski definition) is 0. The van der Waals surface area contributed by atoms with E-state index in [0.29, 0.717) is 17.3 Å². The van der Waals surface area contributed by atoms with Crippen LogP contribution in [0.25, 0.3) is 0 Å². The maximum absolute atomic E-state index is 4.43. The van der Waals surface area contributed by atoms with E-state index in [9.17, 15) is 0 Å². The lowest BCUT2D eigenvalue weighted by Gasteiger charge is -2.38. The van der Waals surface area contributed by atoms with Crippen LogP contribution in [0.1, 0.15) is 65.7 Å². The molecule has 5 rings (SSSR count). The van der Waals surface area contributed by atoms with Crippen molar-refractivity contribution in [1.29, 1.82) is 0 Å². The predicted molar refractivity (Wildman–Crippen MR) is 152 cm³/mol. The molecule has 5 aliphatic rings. The van der Waals surface area contributed by atoms with Gasteiger partial charge in [0, 0.05) is 11.8 Å². The van der Waals surface area contributed by atoms with Crippen LogP contribution in [0.3, 0.4) is 0 Å². The molecule has 35 heavy (non-hydrogen) atoms. The van der Waals surface area contributed by atoms with Gasteiger partial charge in [-0.1, -0.05) is 125 Å². The molecule has 0 radical (unpaired) electrons. The highest BCUT2D eigenvalue weighted by atomic mass is 14.4. The summed E-state index contributed by atoms with van der Waals surface area (Å²) in [6.45, 7) is 16.0. The molecule has 0 N–H and O–H groups in total. The van der Waals surface area contributed by atoms with E-state index in [4.69, 9.17) is 0 Å². The molecular weight excluding hydrogens is 420 g/mol. The molecule has 182 valence electrons. The van der Waals surface area contributed by atoms with Crippen molar-refractivity contribution in [2.24, 2.45) is 29.1 Å². The minimum absolute atomic E-state index is 0.336. The topological polar surface area (TPSA) is 0 Å². The van der Waals surface area contributed by atoms with E-state index < -0.39 is 0 Å². The van der Waals surface area contributed by atoms with Crippen LogP contribution in [0.15, 0.2) is 119 Å². The lowest BCUT2D eigenvalue weighted by Crippen LogP contribution is -2.27. The third-order valence-electron chi connectivity index (χ3n) is 8.79. The zero-order valence-electron chi connectivity index (χ0n) is 22.0. The van der Waals surface area contributed by atoms with Crippen molar-refractivity contribution in [2.75, 3.05) is 0 Å². The van der Waals surface area contributed by atoms with Gasteiger partial charge in [-0.2, -0.15) is 0 Å². The summed E-state index contributed by atoms with van der Waals surface area (Å²) in [5.74, 6) is 2.53. The minimum atomic E-state index is 0.336.